The smallest absolute Gasteiger partial charge is 0.313 e. The van der Waals surface area contributed by atoms with Gasteiger partial charge in [-0.3, -0.25) is 9.69 Å². The minimum atomic E-state index is -3.19. The maximum absolute atomic E-state index is 13.6. The first-order valence-electron chi connectivity index (χ1n) is 7.53. The van der Waals surface area contributed by atoms with Gasteiger partial charge in [-0.05, 0) is 36.4 Å². The van der Waals surface area contributed by atoms with Crippen LogP contribution in [0.25, 0.3) is 11.3 Å². The molecule has 1 saturated heterocycles. The van der Waals surface area contributed by atoms with Crippen molar-refractivity contribution < 1.29 is 27.5 Å². The highest BCUT2D eigenvalue weighted by molar-refractivity contribution is 5.71. The van der Waals surface area contributed by atoms with Gasteiger partial charge in [-0.1, -0.05) is 0 Å². The Morgan fingerprint density at radius 2 is 1.96 bits per heavy atom. The lowest BCUT2D eigenvalue weighted by Gasteiger charge is -2.35. The summed E-state index contributed by atoms with van der Waals surface area (Å²) in [6.07, 6.45) is -0.491. The molecule has 0 spiro atoms. The van der Waals surface area contributed by atoms with Crippen LogP contribution in [-0.2, 0) is 11.3 Å². The Morgan fingerprint density at radius 3 is 2.62 bits per heavy atom. The zero-order chi connectivity index (χ0) is 17.3. The molecular formula is C17H16F3NO3. The Balaban J connectivity index is 1.69. The number of halogens is 3. The molecule has 1 fully saturated rings. The SMILES string of the molecule is O=C(O)C1CN(Cc2ccc(-c3ccc(F)cc3)o2)CCC1(F)F. The van der Waals surface area contributed by atoms with E-state index < -0.39 is 24.2 Å². The van der Waals surface area contributed by atoms with Gasteiger partial charge in [-0.15, -0.1) is 0 Å². The maximum atomic E-state index is 13.6. The van der Waals surface area contributed by atoms with Crippen molar-refractivity contribution in [1.29, 1.82) is 0 Å². The fourth-order valence-corrected chi connectivity index (χ4v) is 2.82. The first kappa shape index (κ1) is 16.6. The number of rotatable bonds is 4. The van der Waals surface area contributed by atoms with Gasteiger partial charge in [0.2, 0.25) is 0 Å². The lowest BCUT2D eigenvalue weighted by Crippen LogP contribution is -2.49. The number of carbonyl (C=O) groups is 1. The number of carboxylic acids is 1. The standard InChI is InChI=1S/C17H16F3NO3/c18-12-3-1-11(2-4-12)15-6-5-13(24-15)9-21-8-7-17(19,20)14(10-21)16(22)23/h1-6,14H,7-10H2,(H,22,23). The van der Waals surface area contributed by atoms with Crippen molar-refractivity contribution >= 4 is 5.97 Å². The number of alkyl halides is 2. The number of hydrogen-bond donors (Lipinski definition) is 1. The van der Waals surface area contributed by atoms with E-state index in [0.717, 1.165) is 0 Å². The van der Waals surface area contributed by atoms with E-state index in [9.17, 15) is 18.0 Å². The predicted molar refractivity (Wildman–Crippen MR) is 80.1 cm³/mol. The molecule has 1 unspecified atom stereocenters. The van der Waals surface area contributed by atoms with Gasteiger partial charge in [0.1, 0.15) is 23.3 Å². The topological polar surface area (TPSA) is 53.7 Å². The molecular weight excluding hydrogens is 323 g/mol. The third-order valence-corrected chi connectivity index (χ3v) is 4.18. The van der Waals surface area contributed by atoms with Gasteiger partial charge in [-0.2, -0.15) is 0 Å². The number of benzene rings is 1. The van der Waals surface area contributed by atoms with Gasteiger partial charge in [-0.25, -0.2) is 13.2 Å². The Bertz CT molecular complexity index is 727. The molecule has 0 aliphatic carbocycles. The van der Waals surface area contributed by atoms with Crippen LogP contribution in [0.3, 0.4) is 0 Å². The molecule has 0 bridgehead atoms. The molecule has 7 heteroatoms. The molecule has 3 rings (SSSR count). The molecule has 1 aliphatic heterocycles. The number of aliphatic carboxylic acids is 1. The molecule has 0 saturated carbocycles. The van der Waals surface area contributed by atoms with Crippen molar-refractivity contribution in [2.24, 2.45) is 5.92 Å². The van der Waals surface area contributed by atoms with E-state index in [1.54, 1.807) is 29.2 Å². The van der Waals surface area contributed by atoms with Crippen LogP contribution in [0.5, 0.6) is 0 Å². The number of likely N-dealkylation sites (tertiary alicyclic amines) is 1. The normalized spacial score (nSPS) is 20.9. The van der Waals surface area contributed by atoms with E-state index in [-0.39, 0.29) is 25.5 Å². The van der Waals surface area contributed by atoms with E-state index in [2.05, 4.69) is 0 Å². The van der Waals surface area contributed by atoms with Gasteiger partial charge in [0, 0.05) is 25.1 Å². The summed E-state index contributed by atoms with van der Waals surface area (Å²) in [6.45, 7) is 0.124. The first-order valence-corrected chi connectivity index (χ1v) is 7.53. The number of piperidine rings is 1. The Hall–Kier alpha value is -2.28. The zero-order valence-corrected chi connectivity index (χ0v) is 12.7. The lowest BCUT2D eigenvalue weighted by molar-refractivity contribution is -0.167. The van der Waals surface area contributed by atoms with Crippen molar-refractivity contribution in [3.05, 3.63) is 48.0 Å². The lowest BCUT2D eigenvalue weighted by atomic mass is 9.93. The highest BCUT2D eigenvalue weighted by Crippen LogP contribution is 2.34. The van der Waals surface area contributed by atoms with E-state index in [4.69, 9.17) is 9.52 Å². The van der Waals surface area contributed by atoms with Crippen molar-refractivity contribution in [3.8, 4) is 11.3 Å². The molecule has 1 N–H and O–H groups in total. The fraction of sp³-hybridized carbons (Fsp3) is 0.353. The summed E-state index contributed by atoms with van der Waals surface area (Å²) in [4.78, 5) is 12.7. The minimum Gasteiger partial charge on any atom is -0.481 e. The zero-order valence-electron chi connectivity index (χ0n) is 12.7. The van der Waals surface area contributed by atoms with Crippen molar-refractivity contribution in [3.63, 3.8) is 0 Å². The predicted octanol–water partition coefficient (Wildman–Crippen LogP) is 3.63. The molecule has 0 amide bonds. The summed E-state index contributed by atoms with van der Waals surface area (Å²) < 4.78 is 45.9. The van der Waals surface area contributed by atoms with Crippen molar-refractivity contribution in [1.82, 2.24) is 4.90 Å². The fourth-order valence-electron chi connectivity index (χ4n) is 2.82. The highest BCUT2D eigenvalue weighted by atomic mass is 19.3. The second-order valence-corrected chi connectivity index (χ2v) is 5.91. The van der Waals surface area contributed by atoms with Crippen LogP contribution >= 0.6 is 0 Å². The van der Waals surface area contributed by atoms with Gasteiger partial charge >= 0.3 is 5.97 Å². The molecule has 1 aromatic carbocycles. The van der Waals surface area contributed by atoms with E-state index in [1.165, 1.54) is 12.1 Å². The highest BCUT2D eigenvalue weighted by Gasteiger charge is 2.48. The molecule has 1 aliphatic rings. The summed E-state index contributed by atoms with van der Waals surface area (Å²) in [5.41, 5.74) is 0.705. The molecule has 2 heterocycles. The first-order chi connectivity index (χ1) is 11.3. The van der Waals surface area contributed by atoms with E-state index >= 15 is 0 Å². The van der Waals surface area contributed by atoms with Gasteiger partial charge in [0.15, 0.2) is 0 Å². The summed E-state index contributed by atoms with van der Waals surface area (Å²) in [7, 11) is 0. The maximum Gasteiger partial charge on any atom is 0.313 e. The largest absolute Gasteiger partial charge is 0.481 e. The number of nitrogens with zero attached hydrogens (tertiary/aromatic N) is 1. The van der Waals surface area contributed by atoms with Gasteiger partial charge < -0.3 is 9.52 Å². The summed E-state index contributed by atoms with van der Waals surface area (Å²) in [5, 5.41) is 8.97. The minimum absolute atomic E-state index is 0.101. The molecule has 0 radical (unpaired) electrons. The summed E-state index contributed by atoms with van der Waals surface area (Å²) in [5.74, 6) is -5.65. The average molecular weight is 339 g/mol. The van der Waals surface area contributed by atoms with Crippen LogP contribution < -0.4 is 0 Å². The van der Waals surface area contributed by atoms with Crippen LogP contribution in [0.2, 0.25) is 0 Å². The van der Waals surface area contributed by atoms with Crippen LogP contribution in [0.4, 0.5) is 13.2 Å². The van der Waals surface area contributed by atoms with Crippen LogP contribution in [0.1, 0.15) is 12.2 Å². The van der Waals surface area contributed by atoms with Crippen molar-refractivity contribution in [2.75, 3.05) is 13.1 Å². The van der Waals surface area contributed by atoms with E-state index in [0.29, 0.717) is 17.1 Å². The van der Waals surface area contributed by atoms with Crippen LogP contribution in [-0.4, -0.2) is 35.0 Å². The monoisotopic (exact) mass is 339 g/mol. The van der Waals surface area contributed by atoms with E-state index in [1.807, 2.05) is 0 Å². The van der Waals surface area contributed by atoms with Crippen molar-refractivity contribution in [2.45, 2.75) is 18.9 Å². The second-order valence-electron chi connectivity index (χ2n) is 5.91. The second kappa shape index (κ2) is 6.32. The number of carboxylic acid groups (broad SMARTS) is 1. The quantitative estimate of drug-likeness (QED) is 0.924. The van der Waals surface area contributed by atoms with Gasteiger partial charge in [0.25, 0.3) is 5.92 Å². The molecule has 24 heavy (non-hydrogen) atoms. The van der Waals surface area contributed by atoms with Gasteiger partial charge in [0.05, 0.1) is 6.54 Å². The Labute approximate surface area is 136 Å². The average Bonchev–Trinajstić information content (AvgIpc) is 2.98. The molecule has 128 valence electrons. The Kier molecular flexibility index (Phi) is 4.36. The van der Waals surface area contributed by atoms with Crippen LogP contribution in [0.15, 0.2) is 40.8 Å². The summed E-state index contributed by atoms with van der Waals surface area (Å²) in [6, 6.07) is 9.24. The summed E-state index contributed by atoms with van der Waals surface area (Å²) >= 11 is 0. The number of furan rings is 1. The Morgan fingerprint density at radius 1 is 1.25 bits per heavy atom. The molecule has 2 aromatic rings. The molecule has 1 aromatic heterocycles. The van der Waals surface area contributed by atoms with Crippen LogP contribution in [0, 0.1) is 11.7 Å². The third-order valence-electron chi connectivity index (χ3n) is 4.18. The number of hydrogen-bond acceptors (Lipinski definition) is 3. The molecule has 1 atom stereocenters. The molecule has 4 nitrogen and oxygen atoms in total. The third kappa shape index (κ3) is 3.46.